The van der Waals surface area contributed by atoms with E-state index >= 15 is 0 Å². The number of hydrogen-bond acceptors (Lipinski definition) is 3. The normalized spacial score (nSPS) is 13.5. The summed E-state index contributed by atoms with van der Waals surface area (Å²) in [7, 11) is 0. The fourth-order valence-corrected chi connectivity index (χ4v) is 2.30. The lowest BCUT2D eigenvalue weighted by molar-refractivity contribution is 0.0690. The van der Waals surface area contributed by atoms with E-state index in [2.05, 4.69) is 11.1 Å². The van der Waals surface area contributed by atoms with Gasteiger partial charge >= 0.3 is 5.97 Å². The number of benzene rings is 1. The SMILES string of the molecule is O=C(O)c1ccc(-c2cccc3c2OCCC3)cn1. The summed E-state index contributed by atoms with van der Waals surface area (Å²) >= 11 is 0. The molecule has 2 heterocycles. The van der Waals surface area contributed by atoms with Crippen LogP contribution in [0.1, 0.15) is 22.5 Å². The number of carboxylic acid groups (broad SMARTS) is 1. The highest BCUT2D eigenvalue weighted by molar-refractivity contribution is 5.86. The number of rotatable bonds is 2. The van der Waals surface area contributed by atoms with Crippen molar-refractivity contribution in [3.8, 4) is 16.9 Å². The topological polar surface area (TPSA) is 59.4 Å². The zero-order valence-corrected chi connectivity index (χ0v) is 10.3. The fourth-order valence-electron chi connectivity index (χ4n) is 2.30. The van der Waals surface area contributed by atoms with Crippen LogP contribution in [-0.2, 0) is 6.42 Å². The van der Waals surface area contributed by atoms with Crippen LogP contribution in [0.15, 0.2) is 36.5 Å². The maximum Gasteiger partial charge on any atom is 0.354 e. The van der Waals surface area contributed by atoms with E-state index in [9.17, 15) is 4.79 Å². The van der Waals surface area contributed by atoms with Crippen molar-refractivity contribution in [2.24, 2.45) is 0 Å². The molecule has 1 aliphatic heterocycles. The molecule has 0 unspecified atom stereocenters. The third-order valence-electron chi connectivity index (χ3n) is 3.23. The molecule has 0 amide bonds. The van der Waals surface area contributed by atoms with Crippen molar-refractivity contribution in [1.29, 1.82) is 0 Å². The predicted molar refractivity (Wildman–Crippen MR) is 70.4 cm³/mol. The quantitative estimate of drug-likeness (QED) is 0.896. The van der Waals surface area contributed by atoms with Crippen LogP contribution in [0.3, 0.4) is 0 Å². The number of hydrogen-bond donors (Lipinski definition) is 1. The number of para-hydroxylation sites is 1. The molecule has 0 aliphatic carbocycles. The minimum Gasteiger partial charge on any atom is -0.493 e. The Morgan fingerprint density at radius 1 is 1.26 bits per heavy atom. The van der Waals surface area contributed by atoms with Crippen molar-refractivity contribution in [3.05, 3.63) is 47.8 Å². The molecular formula is C15H13NO3. The van der Waals surface area contributed by atoms with Crippen LogP contribution in [0, 0.1) is 0 Å². The number of pyridine rings is 1. The van der Waals surface area contributed by atoms with E-state index in [1.165, 1.54) is 11.6 Å². The van der Waals surface area contributed by atoms with Gasteiger partial charge in [0.1, 0.15) is 11.4 Å². The molecule has 4 nitrogen and oxygen atoms in total. The summed E-state index contributed by atoms with van der Waals surface area (Å²) in [5.41, 5.74) is 3.10. The summed E-state index contributed by atoms with van der Waals surface area (Å²) in [5.74, 6) is -0.114. The number of fused-ring (bicyclic) bond motifs is 1. The Balaban J connectivity index is 2.04. The Morgan fingerprint density at radius 2 is 2.16 bits per heavy atom. The lowest BCUT2D eigenvalue weighted by atomic mass is 9.98. The molecule has 2 aromatic rings. The van der Waals surface area contributed by atoms with Crippen molar-refractivity contribution in [3.63, 3.8) is 0 Å². The highest BCUT2D eigenvalue weighted by Crippen LogP contribution is 2.35. The summed E-state index contributed by atoms with van der Waals surface area (Å²) in [6.07, 6.45) is 3.63. The second-order valence-electron chi connectivity index (χ2n) is 4.48. The monoisotopic (exact) mass is 255 g/mol. The molecule has 4 heteroatoms. The van der Waals surface area contributed by atoms with Gasteiger partial charge in [0.05, 0.1) is 6.61 Å². The Bertz CT molecular complexity index is 620. The second-order valence-corrected chi connectivity index (χ2v) is 4.48. The van der Waals surface area contributed by atoms with Crippen LogP contribution >= 0.6 is 0 Å². The van der Waals surface area contributed by atoms with Crippen molar-refractivity contribution in [2.45, 2.75) is 12.8 Å². The number of ether oxygens (including phenoxy) is 1. The van der Waals surface area contributed by atoms with Crippen molar-refractivity contribution < 1.29 is 14.6 Å². The summed E-state index contributed by atoms with van der Waals surface area (Å²) in [6, 6.07) is 9.32. The fraction of sp³-hybridized carbons (Fsp3) is 0.200. The van der Waals surface area contributed by atoms with Gasteiger partial charge in [-0.25, -0.2) is 9.78 Å². The molecule has 1 N–H and O–H groups in total. The third-order valence-corrected chi connectivity index (χ3v) is 3.23. The van der Waals surface area contributed by atoms with Crippen molar-refractivity contribution in [2.75, 3.05) is 6.61 Å². The van der Waals surface area contributed by atoms with E-state index in [1.807, 2.05) is 12.1 Å². The molecule has 0 fully saturated rings. The van der Waals surface area contributed by atoms with E-state index in [0.717, 1.165) is 36.3 Å². The minimum atomic E-state index is -1.02. The molecule has 3 rings (SSSR count). The van der Waals surface area contributed by atoms with Gasteiger partial charge in [-0.15, -0.1) is 0 Å². The van der Waals surface area contributed by atoms with Crippen LogP contribution in [-0.4, -0.2) is 22.7 Å². The molecule has 96 valence electrons. The van der Waals surface area contributed by atoms with E-state index in [4.69, 9.17) is 9.84 Å². The third kappa shape index (κ3) is 2.17. The minimum absolute atomic E-state index is 0.0504. The Hall–Kier alpha value is -2.36. The van der Waals surface area contributed by atoms with Crippen LogP contribution in [0.25, 0.3) is 11.1 Å². The van der Waals surface area contributed by atoms with Crippen LogP contribution < -0.4 is 4.74 Å². The molecule has 0 atom stereocenters. The standard InChI is InChI=1S/C15H13NO3/c17-15(18)13-7-6-11(9-16-13)12-5-1-3-10-4-2-8-19-14(10)12/h1,3,5-7,9H,2,4,8H2,(H,17,18). The number of nitrogens with zero attached hydrogens (tertiary/aromatic N) is 1. The van der Waals surface area contributed by atoms with Gasteiger partial charge in [0.2, 0.25) is 0 Å². The van der Waals surface area contributed by atoms with Crippen LogP contribution in [0.2, 0.25) is 0 Å². The lowest BCUT2D eigenvalue weighted by Gasteiger charge is -2.20. The average molecular weight is 255 g/mol. The molecule has 0 radical (unpaired) electrons. The molecular weight excluding hydrogens is 242 g/mol. The van der Waals surface area contributed by atoms with E-state index in [1.54, 1.807) is 12.3 Å². The Kier molecular flexibility index (Phi) is 2.91. The van der Waals surface area contributed by atoms with Crippen LogP contribution in [0.5, 0.6) is 5.75 Å². The Labute approximate surface area is 110 Å². The molecule has 0 saturated heterocycles. The summed E-state index contributed by atoms with van der Waals surface area (Å²) in [6.45, 7) is 0.727. The zero-order valence-electron chi connectivity index (χ0n) is 10.3. The maximum absolute atomic E-state index is 10.8. The van der Waals surface area contributed by atoms with E-state index < -0.39 is 5.97 Å². The smallest absolute Gasteiger partial charge is 0.354 e. The van der Waals surface area contributed by atoms with Gasteiger partial charge in [-0.05, 0) is 24.5 Å². The first-order valence-electron chi connectivity index (χ1n) is 6.20. The highest BCUT2D eigenvalue weighted by atomic mass is 16.5. The molecule has 1 aromatic heterocycles. The number of aryl methyl sites for hydroxylation is 1. The number of carboxylic acids is 1. The molecule has 0 spiro atoms. The first-order valence-corrected chi connectivity index (χ1v) is 6.20. The number of aromatic carboxylic acids is 1. The maximum atomic E-state index is 10.8. The van der Waals surface area contributed by atoms with Gasteiger partial charge in [-0.3, -0.25) is 0 Å². The largest absolute Gasteiger partial charge is 0.493 e. The molecule has 1 aliphatic rings. The van der Waals surface area contributed by atoms with Crippen molar-refractivity contribution in [1.82, 2.24) is 4.98 Å². The highest BCUT2D eigenvalue weighted by Gasteiger charge is 2.15. The van der Waals surface area contributed by atoms with Crippen LogP contribution in [0.4, 0.5) is 0 Å². The molecule has 0 saturated carbocycles. The van der Waals surface area contributed by atoms with Gasteiger partial charge in [0.15, 0.2) is 0 Å². The van der Waals surface area contributed by atoms with Gasteiger partial charge in [0, 0.05) is 17.3 Å². The van der Waals surface area contributed by atoms with Gasteiger partial charge in [-0.2, -0.15) is 0 Å². The molecule has 19 heavy (non-hydrogen) atoms. The second kappa shape index (κ2) is 4.72. The Morgan fingerprint density at radius 3 is 2.89 bits per heavy atom. The number of carbonyl (C=O) groups is 1. The van der Waals surface area contributed by atoms with Crippen molar-refractivity contribution >= 4 is 5.97 Å². The zero-order chi connectivity index (χ0) is 13.2. The summed E-state index contributed by atoms with van der Waals surface area (Å²) in [4.78, 5) is 14.7. The lowest BCUT2D eigenvalue weighted by Crippen LogP contribution is -2.09. The van der Waals surface area contributed by atoms with Gasteiger partial charge < -0.3 is 9.84 Å². The van der Waals surface area contributed by atoms with E-state index in [-0.39, 0.29) is 5.69 Å². The first-order chi connectivity index (χ1) is 9.25. The number of aromatic nitrogens is 1. The predicted octanol–water partition coefficient (Wildman–Crippen LogP) is 2.77. The average Bonchev–Trinajstić information content (AvgIpc) is 2.47. The summed E-state index contributed by atoms with van der Waals surface area (Å²) in [5, 5.41) is 8.85. The van der Waals surface area contributed by atoms with Gasteiger partial charge in [0.25, 0.3) is 0 Å². The van der Waals surface area contributed by atoms with E-state index in [0.29, 0.717) is 0 Å². The first kappa shape index (κ1) is 11.7. The summed E-state index contributed by atoms with van der Waals surface area (Å²) < 4.78 is 5.74. The van der Waals surface area contributed by atoms with Gasteiger partial charge in [-0.1, -0.05) is 24.3 Å². The molecule has 0 bridgehead atoms. The molecule has 1 aromatic carbocycles.